The van der Waals surface area contributed by atoms with Crippen molar-refractivity contribution in [2.75, 3.05) is 17.7 Å². The van der Waals surface area contributed by atoms with E-state index in [1.165, 1.54) is 11.8 Å². The number of carbonyl (C=O) groups excluding carboxylic acids is 3. The average Bonchev–Trinajstić information content (AvgIpc) is 2.72. The summed E-state index contributed by atoms with van der Waals surface area (Å²) in [7, 11) is 0. The van der Waals surface area contributed by atoms with Crippen LogP contribution in [0.3, 0.4) is 0 Å². The van der Waals surface area contributed by atoms with Gasteiger partial charge in [0.15, 0.2) is 5.78 Å². The van der Waals surface area contributed by atoms with Gasteiger partial charge in [0, 0.05) is 16.1 Å². The molecule has 3 aromatic rings. The highest BCUT2D eigenvalue weighted by Crippen LogP contribution is 2.23. The fourth-order valence-corrected chi connectivity index (χ4v) is 3.60. The van der Waals surface area contributed by atoms with Gasteiger partial charge >= 0.3 is 5.97 Å². The molecular formula is C23H21NO4S. The van der Waals surface area contributed by atoms with E-state index in [4.69, 9.17) is 4.74 Å². The topological polar surface area (TPSA) is 72.5 Å². The zero-order chi connectivity index (χ0) is 20.6. The molecule has 0 aliphatic carbocycles. The number of carbonyl (C=O) groups is 3. The van der Waals surface area contributed by atoms with E-state index < -0.39 is 5.97 Å². The van der Waals surface area contributed by atoms with Gasteiger partial charge in [-0.05, 0) is 48.0 Å². The quantitative estimate of drug-likeness (QED) is 0.333. The molecule has 0 spiro atoms. The number of esters is 1. The van der Waals surface area contributed by atoms with Crippen molar-refractivity contribution in [3.8, 4) is 0 Å². The van der Waals surface area contributed by atoms with Gasteiger partial charge in [0.25, 0.3) is 5.91 Å². The number of nitrogens with one attached hydrogen (secondary N) is 1. The molecule has 1 amide bonds. The van der Waals surface area contributed by atoms with Crippen LogP contribution in [0.4, 0.5) is 5.69 Å². The second kappa shape index (κ2) is 9.89. The summed E-state index contributed by atoms with van der Waals surface area (Å²) in [6.45, 7) is 1.97. The molecule has 0 atom stereocenters. The molecule has 0 saturated carbocycles. The lowest BCUT2D eigenvalue weighted by molar-refractivity contribution is -0.145. The molecule has 0 aliphatic heterocycles. The maximum absolute atomic E-state index is 12.6. The van der Waals surface area contributed by atoms with E-state index in [0.29, 0.717) is 11.3 Å². The molecule has 1 N–H and O–H groups in total. The van der Waals surface area contributed by atoms with Crippen LogP contribution in [0.5, 0.6) is 0 Å². The molecule has 0 heterocycles. The van der Waals surface area contributed by atoms with Gasteiger partial charge in [-0.1, -0.05) is 36.4 Å². The Hall–Kier alpha value is -3.12. The zero-order valence-electron chi connectivity index (χ0n) is 16.0. The fourth-order valence-electron chi connectivity index (χ4n) is 2.79. The first-order valence-corrected chi connectivity index (χ1v) is 10.2. The van der Waals surface area contributed by atoms with Gasteiger partial charge in [-0.3, -0.25) is 14.4 Å². The number of ether oxygens (including phenoxy) is 1. The number of amides is 1. The maximum Gasteiger partial charge on any atom is 0.313 e. The van der Waals surface area contributed by atoms with Gasteiger partial charge in [0.05, 0.1) is 12.4 Å². The average molecular weight is 407 g/mol. The van der Waals surface area contributed by atoms with E-state index in [1.54, 1.807) is 25.1 Å². The molecule has 0 fully saturated rings. The number of hydrogen-bond donors (Lipinski definition) is 1. The first-order valence-electron chi connectivity index (χ1n) is 9.25. The second-order valence-corrected chi connectivity index (χ2v) is 7.40. The molecule has 6 heteroatoms. The van der Waals surface area contributed by atoms with Gasteiger partial charge < -0.3 is 10.1 Å². The Kier molecular flexibility index (Phi) is 7.03. The Labute approximate surface area is 173 Å². The normalized spacial score (nSPS) is 10.5. The lowest BCUT2D eigenvalue weighted by Crippen LogP contribution is -2.13. The van der Waals surface area contributed by atoms with Crippen LogP contribution < -0.4 is 5.32 Å². The molecule has 3 rings (SSSR count). The van der Waals surface area contributed by atoms with Crippen LogP contribution in [0.2, 0.25) is 0 Å². The van der Waals surface area contributed by atoms with Crippen LogP contribution in [0.25, 0.3) is 10.8 Å². The second-order valence-electron chi connectivity index (χ2n) is 6.35. The number of ketones is 1. The Morgan fingerprint density at radius 3 is 2.52 bits per heavy atom. The van der Waals surface area contributed by atoms with Crippen molar-refractivity contribution >= 4 is 45.9 Å². The molecule has 5 nitrogen and oxygen atoms in total. The first kappa shape index (κ1) is 20.6. The van der Waals surface area contributed by atoms with Crippen molar-refractivity contribution in [2.24, 2.45) is 0 Å². The zero-order valence-corrected chi connectivity index (χ0v) is 16.8. The number of hydrogen-bond acceptors (Lipinski definition) is 5. The van der Waals surface area contributed by atoms with Gasteiger partial charge in [0.1, 0.15) is 6.42 Å². The van der Waals surface area contributed by atoms with Crippen molar-refractivity contribution in [3.05, 3.63) is 72.3 Å². The summed E-state index contributed by atoms with van der Waals surface area (Å²) in [5.74, 6) is -0.731. The number of rotatable bonds is 8. The van der Waals surface area contributed by atoms with E-state index in [1.807, 2.05) is 48.5 Å². The highest BCUT2D eigenvalue weighted by atomic mass is 32.2. The lowest BCUT2D eigenvalue weighted by Gasteiger charge is -2.08. The third-order valence-corrected chi connectivity index (χ3v) is 5.20. The summed E-state index contributed by atoms with van der Waals surface area (Å²) in [6.07, 6.45) is -0.223. The molecule has 29 heavy (non-hydrogen) atoms. The Bertz CT molecular complexity index is 1050. The number of anilines is 1. The monoisotopic (exact) mass is 407 g/mol. The minimum Gasteiger partial charge on any atom is -0.466 e. The van der Waals surface area contributed by atoms with Gasteiger partial charge in [-0.15, -0.1) is 11.8 Å². The number of thioether (sulfide) groups is 1. The summed E-state index contributed by atoms with van der Waals surface area (Å²) in [4.78, 5) is 36.6. The van der Waals surface area contributed by atoms with Crippen molar-refractivity contribution in [1.29, 1.82) is 0 Å². The van der Waals surface area contributed by atoms with E-state index in [9.17, 15) is 14.4 Å². The minimum atomic E-state index is -0.505. The number of fused-ring (bicyclic) bond motifs is 1. The molecule has 0 bridgehead atoms. The highest BCUT2D eigenvalue weighted by molar-refractivity contribution is 8.00. The minimum absolute atomic E-state index is 0.168. The van der Waals surface area contributed by atoms with E-state index in [0.717, 1.165) is 15.7 Å². The molecule has 0 radical (unpaired) electrons. The highest BCUT2D eigenvalue weighted by Gasteiger charge is 2.11. The van der Waals surface area contributed by atoms with Crippen molar-refractivity contribution in [1.82, 2.24) is 0 Å². The van der Waals surface area contributed by atoms with Crippen LogP contribution >= 0.6 is 11.8 Å². The summed E-state index contributed by atoms with van der Waals surface area (Å²) in [5, 5.41) is 4.97. The Balaban J connectivity index is 1.60. The SMILES string of the molecule is CCOC(=O)CC(=O)CSc1cccc(NC(=O)c2ccc3ccccc3c2)c1. The molecule has 0 saturated heterocycles. The summed E-state index contributed by atoms with van der Waals surface area (Å²) in [6, 6.07) is 20.7. The Morgan fingerprint density at radius 2 is 1.72 bits per heavy atom. The molecule has 3 aromatic carbocycles. The van der Waals surface area contributed by atoms with Crippen LogP contribution in [-0.4, -0.2) is 30.0 Å². The molecular weight excluding hydrogens is 386 g/mol. The first-order chi connectivity index (χ1) is 14.0. The molecule has 148 valence electrons. The van der Waals surface area contributed by atoms with Crippen molar-refractivity contribution < 1.29 is 19.1 Å². The predicted molar refractivity (Wildman–Crippen MR) is 115 cm³/mol. The number of Topliss-reactive ketones (excluding diaryl/α,β-unsaturated/α-hetero) is 1. The van der Waals surface area contributed by atoms with Crippen molar-refractivity contribution in [3.63, 3.8) is 0 Å². The summed E-state index contributed by atoms with van der Waals surface area (Å²) < 4.78 is 4.78. The van der Waals surface area contributed by atoms with E-state index in [2.05, 4.69) is 5.32 Å². The smallest absolute Gasteiger partial charge is 0.313 e. The van der Waals surface area contributed by atoms with E-state index in [-0.39, 0.29) is 30.5 Å². The third-order valence-electron chi connectivity index (χ3n) is 4.15. The largest absolute Gasteiger partial charge is 0.466 e. The lowest BCUT2D eigenvalue weighted by atomic mass is 10.1. The molecule has 0 unspecified atom stereocenters. The molecule has 0 aromatic heterocycles. The Morgan fingerprint density at radius 1 is 0.931 bits per heavy atom. The predicted octanol–water partition coefficient (Wildman–Crippen LogP) is 4.71. The van der Waals surface area contributed by atoms with Gasteiger partial charge in [0.2, 0.25) is 0 Å². The third kappa shape index (κ3) is 5.93. The van der Waals surface area contributed by atoms with Crippen LogP contribution in [0.1, 0.15) is 23.7 Å². The molecule has 0 aliphatic rings. The van der Waals surface area contributed by atoms with Gasteiger partial charge in [-0.25, -0.2) is 0 Å². The number of benzene rings is 3. The standard InChI is InChI=1S/C23H21NO4S/c1-2-28-22(26)14-20(25)15-29-21-9-5-8-19(13-21)24-23(27)18-11-10-16-6-3-4-7-17(16)12-18/h3-13H,2,14-15H2,1H3,(H,24,27). The maximum atomic E-state index is 12.6. The van der Waals surface area contributed by atoms with Crippen LogP contribution in [0, 0.1) is 0 Å². The summed E-state index contributed by atoms with van der Waals surface area (Å²) >= 11 is 1.32. The van der Waals surface area contributed by atoms with Gasteiger partial charge in [-0.2, -0.15) is 0 Å². The van der Waals surface area contributed by atoms with Crippen LogP contribution in [0.15, 0.2) is 71.6 Å². The van der Waals surface area contributed by atoms with Crippen molar-refractivity contribution in [2.45, 2.75) is 18.2 Å². The fraction of sp³-hybridized carbons (Fsp3) is 0.174. The summed E-state index contributed by atoms with van der Waals surface area (Å²) in [5.41, 5.74) is 1.22. The van der Waals surface area contributed by atoms with Crippen LogP contribution in [-0.2, 0) is 14.3 Å². The van der Waals surface area contributed by atoms with E-state index >= 15 is 0 Å².